The van der Waals surface area contributed by atoms with Gasteiger partial charge < -0.3 is 15.4 Å². The highest BCUT2D eigenvalue weighted by atomic mass is 19.1. The molecule has 0 fully saturated rings. The van der Waals surface area contributed by atoms with Gasteiger partial charge in [-0.05, 0) is 61.0 Å². The minimum absolute atomic E-state index is 0.183. The molecule has 0 aliphatic rings. The van der Waals surface area contributed by atoms with Crippen LogP contribution in [0.2, 0.25) is 0 Å². The van der Waals surface area contributed by atoms with Crippen molar-refractivity contribution in [3.8, 4) is 11.5 Å². The van der Waals surface area contributed by atoms with Crippen molar-refractivity contribution < 1.29 is 23.1 Å². The molecule has 0 bridgehead atoms. The fourth-order valence-electron chi connectivity index (χ4n) is 2.60. The molecular formula is C28H32F2N4O3. The van der Waals surface area contributed by atoms with Crippen LogP contribution in [0, 0.1) is 11.6 Å². The number of carbonyl (C=O) groups excluding carboxylic acids is 2. The van der Waals surface area contributed by atoms with E-state index in [4.69, 9.17) is 4.74 Å². The van der Waals surface area contributed by atoms with Crippen molar-refractivity contribution in [1.29, 1.82) is 0 Å². The summed E-state index contributed by atoms with van der Waals surface area (Å²) in [5.74, 6) is 0.609. The van der Waals surface area contributed by atoms with Gasteiger partial charge >= 0.3 is 0 Å². The van der Waals surface area contributed by atoms with Gasteiger partial charge in [-0.1, -0.05) is 19.9 Å². The van der Waals surface area contributed by atoms with Crippen molar-refractivity contribution in [2.45, 2.75) is 20.8 Å². The molecule has 3 aromatic rings. The summed E-state index contributed by atoms with van der Waals surface area (Å²) >= 11 is 0. The van der Waals surface area contributed by atoms with Gasteiger partial charge in [-0.15, -0.1) is 0 Å². The van der Waals surface area contributed by atoms with E-state index in [0.717, 1.165) is 0 Å². The van der Waals surface area contributed by atoms with Crippen LogP contribution in [0.3, 0.4) is 0 Å². The summed E-state index contributed by atoms with van der Waals surface area (Å²) < 4.78 is 31.9. The molecule has 0 atom stereocenters. The van der Waals surface area contributed by atoms with Crippen LogP contribution in [-0.4, -0.2) is 31.8 Å². The standard InChI is InChI=1S/C13H14FN3O.C13H12FNO2.C2H6/c1-15-9-3-4-12(11(14)7-9)18-10-5-6-17-13(8-10)16-2;1-11(9-16)3-2-8-15(10-17)13-6-4-12(14)5-7-13;1-2/h3-8,15H,1-2H3,(H,16,17);2-10H,1H3;1-2H3/b;8-2-,11-3+;. The van der Waals surface area contributed by atoms with Crippen LogP contribution in [0.15, 0.2) is 84.7 Å². The molecule has 0 saturated carbocycles. The second kappa shape index (κ2) is 17.0. The number of nitrogens with zero attached hydrogens (tertiary/aromatic N) is 2. The number of halogens is 2. The van der Waals surface area contributed by atoms with Gasteiger partial charge in [0.2, 0.25) is 6.41 Å². The number of rotatable bonds is 9. The summed E-state index contributed by atoms with van der Waals surface area (Å²) in [4.78, 5) is 26.5. The van der Waals surface area contributed by atoms with E-state index in [2.05, 4.69) is 15.6 Å². The van der Waals surface area contributed by atoms with E-state index in [9.17, 15) is 18.4 Å². The largest absolute Gasteiger partial charge is 0.454 e. The van der Waals surface area contributed by atoms with Crippen molar-refractivity contribution in [1.82, 2.24) is 4.98 Å². The van der Waals surface area contributed by atoms with E-state index in [1.54, 1.807) is 63.6 Å². The third-order valence-electron chi connectivity index (χ3n) is 4.47. The minimum atomic E-state index is -0.412. The van der Waals surface area contributed by atoms with Crippen LogP contribution >= 0.6 is 0 Å². The summed E-state index contributed by atoms with van der Waals surface area (Å²) in [5, 5.41) is 5.75. The third kappa shape index (κ3) is 10.7. The number of ether oxygens (including phenoxy) is 1. The monoisotopic (exact) mass is 510 g/mol. The summed E-state index contributed by atoms with van der Waals surface area (Å²) in [5.41, 5.74) is 1.80. The molecule has 9 heteroatoms. The Bertz CT molecular complexity index is 1180. The van der Waals surface area contributed by atoms with Crippen molar-refractivity contribution in [2.75, 3.05) is 29.6 Å². The Hall–Kier alpha value is -4.53. The average Bonchev–Trinajstić information content (AvgIpc) is 2.94. The second-order valence-electron chi connectivity index (χ2n) is 6.98. The maximum absolute atomic E-state index is 13.7. The van der Waals surface area contributed by atoms with E-state index >= 15 is 0 Å². The number of amides is 1. The van der Waals surface area contributed by atoms with E-state index < -0.39 is 5.82 Å². The Morgan fingerprint density at radius 3 is 2.24 bits per heavy atom. The molecule has 196 valence electrons. The lowest BCUT2D eigenvalue weighted by molar-refractivity contribution is -0.107. The van der Waals surface area contributed by atoms with Crippen LogP contribution in [0.25, 0.3) is 0 Å². The predicted molar refractivity (Wildman–Crippen MR) is 145 cm³/mol. The van der Waals surface area contributed by atoms with Crippen LogP contribution in [0.1, 0.15) is 20.8 Å². The Labute approximate surface area is 216 Å². The summed E-state index contributed by atoms with van der Waals surface area (Å²) in [6, 6.07) is 13.6. The summed E-state index contributed by atoms with van der Waals surface area (Å²) in [6.07, 6.45) is 7.56. The molecular weight excluding hydrogens is 478 g/mol. The van der Waals surface area contributed by atoms with Gasteiger partial charge in [-0.25, -0.2) is 13.8 Å². The van der Waals surface area contributed by atoms with Crippen molar-refractivity contribution in [3.05, 3.63) is 96.4 Å². The van der Waals surface area contributed by atoms with E-state index in [1.165, 1.54) is 41.4 Å². The lowest BCUT2D eigenvalue weighted by Crippen LogP contribution is -2.12. The molecule has 0 spiro atoms. The predicted octanol–water partition coefficient (Wildman–Crippen LogP) is 6.57. The lowest BCUT2D eigenvalue weighted by atomic mass is 10.3. The number of pyridine rings is 1. The smallest absolute Gasteiger partial charge is 0.218 e. The molecule has 3 rings (SSSR count). The Morgan fingerprint density at radius 1 is 0.973 bits per heavy atom. The molecule has 0 aliphatic carbocycles. The van der Waals surface area contributed by atoms with Gasteiger partial charge in [0.1, 0.15) is 23.7 Å². The molecule has 37 heavy (non-hydrogen) atoms. The first-order valence-electron chi connectivity index (χ1n) is 11.5. The first-order valence-corrected chi connectivity index (χ1v) is 11.5. The van der Waals surface area contributed by atoms with Crippen molar-refractivity contribution >= 4 is 29.9 Å². The fourth-order valence-corrected chi connectivity index (χ4v) is 2.60. The molecule has 1 amide bonds. The van der Waals surface area contributed by atoms with E-state index in [1.807, 2.05) is 13.8 Å². The van der Waals surface area contributed by atoms with Crippen molar-refractivity contribution in [2.24, 2.45) is 0 Å². The number of benzene rings is 2. The number of carbonyl (C=O) groups is 2. The molecule has 0 aliphatic heterocycles. The zero-order chi connectivity index (χ0) is 27.6. The third-order valence-corrected chi connectivity index (χ3v) is 4.47. The molecule has 0 radical (unpaired) electrons. The Morgan fingerprint density at radius 2 is 1.68 bits per heavy atom. The van der Waals surface area contributed by atoms with Gasteiger partial charge in [0.25, 0.3) is 0 Å². The zero-order valence-electron chi connectivity index (χ0n) is 21.5. The Balaban J connectivity index is 0.000000348. The second-order valence-corrected chi connectivity index (χ2v) is 6.98. The van der Waals surface area contributed by atoms with Crippen LogP contribution in [0.4, 0.5) is 26.0 Å². The van der Waals surface area contributed by atoms with Crippen LogP contribution in [0.5, 0.6) is 11.5 Å². The molecule has 0 saturated heterocycles. The first-order chi connectivity index (χ1) is 17.9. The van der Waals surface area contributed by atoms with E-state index in [0.29, 0.717) is 41.2 Å². The maximum Gasteiger partial charge on any atom is 0.218 e. The number of aldehydes is 1. The van der Waals surface area contributed by atoms with Crippen LogP contribution < -0.4 is 20.3 Å². The van der Waals surface area contributed by atoms with Gasteiger partial charge in [0, 0.05) is 50.0 Å². The topological polar surface area (TPSA) is 83.6 Å². The number of aromatic nitrogens is 1. The SMILES string of the molecule is C/C(C=O)=C\C=C/N(C=O)c1ccc(F)cc1.CC.CNc1ccc(Oc2ccnc(NC)c2)c(F)c1. The minimum Gasteiger partial charge on any atom is -0.454 e. The van der Waals surface area contributed by atoms with Crippen LogP contribution in [-0.2, 0) is 9.59 Å². The quantitative estimate of drug-likeness (QED) is 0.192. The maximum atomic E-state index is 13.7. The van der Waals surface area contributed by atoms with Crippen molar-refractivity contribution in [3.63, 3.8) is 0 Å². The molecule has 2 aromatic carbocycles. The molecule has 0 unspecified atom stereocenters. The van der Waals surface area contributed by atoms with Gasteiger partial charge in [-0.2, -0.15) is 0 Å². The number of anilines is 3. The lowest BCUT2D eigenvalue weighted by Gasteiger charge is -2.11. The van der Waals surface area contributed by atoms with Gasteiger partial charge in [0.05, 0.1) is 0 Å². The summed E-state index contributed by atoms with van der Waals surface area (Å²) in [7, 11) is 3.49. The molecule has 1 aromatic heterocycles. The molecule has 2 N–H and O–H groups in total. The van der Waals surface area contributed by atoms with Gasteiger partial charge in [-0.3, -0.25) is 14.5 Å². The highest BCUT2D eigenvalue weighted by molar-refractivity contribution is 5.78. The molecule has 7 nitrogen and oxygen atoms in total. The number of allylic oxidation sites excluding steroid dienone is 3. The van der Waals surface area contributed by atoms with E-state index in [-0.39, 0.29) is 11.6 Å². The first kappa shape index (κ1) is 30.5. The number of nitrogens with one attached hydrogen (secondary N) is 2. The Kier molecular flexibility index (Phi) is 14.0. The highest BCUT2D eigenvalue weighted by Gasteiger charge is 2.06. The summed E-state index contributed by atoms with van der Waals surface area (Å²) in [6.45, 7) is 5.65. The number of hydrogen-bond donors (Lipinski definition) is 2. The fraction of sp³-hybridized carbons (Fsp3) is 0.179. The number of hydrogen-bond acceptors (Lipinski definition) is 6. The molecule has 1 heterocycles. The highest BCUT2D eigenvalue weighted by Crippen LogP contribution is 2.27. The van der Waals surface area contributed by atoms with Gasteiger partial charge in [0.15, 0.2) is 11.6 Å². The normalized spacial score (nSPS) is 10.3. The zero-order valence-corrected chi connectivity index (χ0v) is 21.5. The average molecular weight is 511 g/mol.